The van der Waals surface area contributed by atoms with E-state index in [-0.39, 0.29) is 12.0 Å². The van der Waals surface area contributed by atoms with E-state index in [9.17, 15) is 0 Å². The second kappa shape index (κ2) is 4.86. The Balaban J connectivity index is 2.20. The Bertz CT molecular complexity index is 384. The Kier molecular flexibility index (Phi) is 3.27. The Morgan fingerprint density at radius 2 is 1.50 bits per heavy atom. The average Bonchev–Trinajstić information content (AvgIpc) is 2.39. The summed E-state index contributed by atoms with van der Waals surface area (Å²) in [6.45, 7) is 2.07. The number of hydrogen-bond donors (Lipinski definition) is 1. The van der Waals surface area contributed by atoms with E-state index < -0.39 is 0 Å². The van der Waals surface area contributed by atoms with Gasteiger partial charge in [0.25, 0.3) is 0 Å². The molecule has 3 nitrogen and oxygen atoms in total. The van der Waals surface area contributed by atoms with E-state index >= 15 is 0 Å². The van der Waals surface area contributed by atoms with E-state index in [0.29, 0.717) is 0 Å². The van der Waals surface area contributed by atoms with Crippen LogP contribution in [-0.2, 0) is 0 Å². The molecule has 0 spiro atoms. The van der Waals surface area contributed by atoms with Gasteiger partial charge in [0.05, 0.1) is 11.7 Å². The third-order valence-electron chi connectivity index (χ3n) is 2.72. The Labute approximate surface area is 95.4 Å². The summed E-state index contributed by atoms with van der Waals surface area (Å²) in [7, 11) is 0. The monoisotopic (exact) mass is 213 g/mol. The second-order valence-electron chi connectivity index (χ2n) is 3.82. The molecule has 16 heavy (non-hydrogen) atoms. The molecule has 0 aromatic carbocycles. The van der Waals surface area contributed by atoms with Crippen LogP contribution in [-0.4, -0.2) is 9.97 Å². The van der Waals surface area contributed by atoms with Crippen LogP contribution in [0, 0.1) is 0 Å². The number of pyridine rings is 2. The molecule has 0 radical (unpaired) electrons. The third-order valence-corrected chi connectivity index (χ3v) is 2.72. The summed E-state index contributed by atoms with van der Waals surface area (Å²) in [6.07, 6.45) is 3.55. The summed E-state index contributed by atoms with van der Waals surface area (Å²) in [5, 5.41) is 0. The molecule has 82 valence electrons. The van der Waals surface area contributed by atoms with Gasteiger partial charge >= 0.3 is 0 Å². The summed E-state index contributed by atoms with van der Waals surface area (Å²) >= 11 is 0. The zero-order valence-electron chi connectivity index (χ0n) is 9.25. The lowest BCUT2D eigenvalue weighted by Crippen LogP contribution is -2.19. The Morgan fingerprint density at radius 3 is 2.00 bits per heavy atom. The molecule has 0 aliphatic carbocycles. The number of hydrogen-bond acceptors (Lipinski definition) is 3. The van der Waals surface area contributed by atoms with Gasteiger partial charge in [0.15, 0.2) is 0 Å². The van der Waals surface area contributed by atoms with Crippen LogP contribution in [0.4, 0.5) is 0 Å². The largest absolute Gasteiger partial charge is 0.322 e. The fraction of sp³-hybridized carbons (Fsp3) is 0.231. The topological polar surface area (TPSA) is 51.8 Å². The zero-order valence-corrected chi connectivity index (χ0v) is 9.25. The predicted molar refractivity (Wildman–Crippen MR) is 63.8 cm³/mol. The van der Waals surface area contributed by atoms with E-state index in [4.69, 9.17) is 5.73 Å². The molecule has 2 N–H and O–H groups in total. The number of aromatic nitrogens is 2. The molecule has 2 atom stereocenters. The highest BCUT2D eigenvalue weighted by Gasteiger charge is 2.18. The van der Waals surface area contributed by atoms with Crippen LogP contribution < -0.4 is 5.73 Å². The smallest absolute Gasteiger partial charge is 0.0577 e. The summed E-state index contributed by atoms with van der Waals surface area (Å²) in [5.74, 6) is 0.163. The zero-order chi connectivity index (χ0) is 11.4. The minimum absolute atomic E-state index is 0.115. The molecule has 0 aliphatic rings. The van der Waals surface area contributed by atoms with Gasteiger partial charge in [0.2, 0.25) is 0 Å². The van der Waals surface area contributed by atoms with Crippen molar-refractivity contribution in [2.24, 2.45) is 5.73 Å². The first-order valence-corrected chi connectivity index (χ1v) is 5.36. The molecule has 2 heterocycles. The SMILES string of the molecule is CC(c1ccccn1)C(N)c1ccccn1. The molecular weight excluding hydrogens is 198 g/mol. The van der Waals surface area contributed by atoms with Crippen molar-refractivity contribution in [3.63, 3.8) is 0 Å². The van der Waals surface area contributed by atoms with Crippen LogP contribution in [0.1, 0.15) is 30.3 Å². The average molecular weight is 213 g/mol. The van der Waals surface area contributed by atoms with Crippen molar-refractivity contribution in [3.05, 3.63) is 60.2 Å². The lowest BCUT2D eigenvalue weighted by atomic mass is 9.95. The first-order chi connectivity index (χ1) is 7.79. The van der Waals surface area contributed by atoms with E-state index in [1.807, 2.05) is 36.4 Å². The molecule has 0 amide bonds. The first kappa shape index (κ1) is 10.8. The summed E-state index contributed by atoms with van der Waals surface area (Å²) in [4.78, 5) is 8.59. The maximum atomic E-state index is 6.17. The molecule has 3 heteroatoms. The summed E-state index contributed by atoms with van der Waals surface area (Å²) in [6, 6.07) is 11.6. The van der Waals surface area contributed by atoms with Gasteiger partial charge in [-0.2, -0.15) is 0 Å². The highest BCUT2D eigenvalue weighted by atomic mass is 14.8. The lowest BCUT2D eigenvalue weighted by Gasteiger charge is -2.18. The molecule has 0 bridgehead atoms. The highest BCUT2D eigenvalue weighted by Crippen LogP contribution is 2.25. The summed E-state index contributed by atoms with van der Waals surface area (Å²) in [5.41, 5.74) is 8.07. The standard InChI is InChI=1S/C13H15N3/c1-10(11-6-2-4-8-15-11)13(14)12-7-3-5-9-16-12/h2-10,13H,14H2,1H3. The molecular formula is C13H15N3. The van der Waals surface area contributed by atoms with Crippen molar-refractivity contribution in [2.75, 3.05) is 0 Å². The van der Waals surface area contributed by atoms with Gasteiger partial charge in [-0.05, 0) is 24.3 Å². The van der Waals surface area contributed by atoms with Crippen LogP contribution in [0.25, 0.3) is 0 Å². The molecule has 0 saturated heterocycles. The number of nitrogens with two attached hydrogens (primary N) is 1. The molecule has 0 saturated carbocycles. The van der Waals surface area contributed by atoms with Crippen molar-refractivity contribution in [2.45, 2.75) is 18.9 Å². The molecule has 0 fully saturated rings. The highest BCUT2D eigenvalue weighted by molar-refractivity contribution is 5.17. The van der Waals surface area contributed by atoms with Gasteiger partial charge in [-0.3, -0.25) is 9.97 Å². The fourth-order valence-corrected chi connectivity index (χ4v) is 1.66. The summed E-state index contributed by atoms with van der Waals surface area (Å²) < 4.78 is 0. The minimum Gasteiger partial charge on any atom is -0.322 e. The molecule has 2 aromatic heterocycles. The van der Waals surface area contributed by atoms with Crippen LogP contribution in [0.3, 0.4) is 0 Å². The van der Waals surface area contributed by atoms with E-state index in [1.54, 1.807) is 12.4 Å². The van der Waals surface area contributed by atoms with Gasteiger partial charge in [-0.25, -0.2) is 0 Å². The quantitative estimate of drug-likeness (QED) is 0.851. The second-order valence-corrected chi connectivity index (χ2v) is 3.82. The molecule has 2 unspecified atom stereocenters. The van der Waals surface area contributed by atoms with Gasteiger partial charge in [-0.1, -0.05) is 19.1 Å². The van der Waals surface area contributed by atoms with Crippen LogP contribution in [0.5, 0.6) is 0 Å². The maximum Gasteiger partial charge on any atom is 0.0577 e. The van der Waals surface area contributed by atoms with E-state index in [1.165, 1.54) is 0 Å². The number of nitrogens with zero attached hydrogens (tertiary/aromatic N) is 2. The third kappa shape index (κ3) is 2.25. The van der Waals surface area contributed by atoms with Gasteiger partial charge in [-0.15, -0.1) is 0 Å². The normalized spacial score (nSPS) is 14.4. The molecule has 2 rings (SSSR count). The van der Waals surface area contributed by atoms with E-state index in [0.717, 1.165) is 11.4 Å². The van der Waals surface area contributed by atoms with Crippen molar-refractivity contribution in [3.8, 4) is 0 Å². The molecule has 2 aromatic rings. The van der Waals surface area contributed by atoms with E-state index in [2.05, 4.69) is 16.9 Å². The van der Waals surface area contributed by atoms with Crippen molar-refractivity contribution in [1.82, 2.24) is 9.97 Å². The lowest BCUT2D eigenvalue weighted by molar-refractivity contribution is 0.570. The van der Waals surface area contributed by atoms with Gasteiger partial charge < -0.3 is 5.73 Å². The predicted octanol–water partition coefficient (Wildman–Crippen LogP) is 2.28. The van der Waals surface area contributed by atoms with Crippen LogP contribution in [0.2, 0.25) is 0 Å². The number of rotatable bonds is 3. The maximum absolute atomic E-state index is 6.17. The van der Waals surface area contributed by atoms with Crippen molar-refractivity contribution >= 4 is 0 Å². The van der Waals surface area contributed by atoms with Crippen LogP contribution in [0.15, 0.2) is 48.8 Å². The Hall–Kier alpha value is -1.74. The molecule has 0 aliphatic heterocycles. The first-order valence-electron chi connectivity index (χ1n) is 5.36. The minimum atomic E-state index is -0.115. The Morgan fingerprint density at radius 1 is 0.938 bits per heavy atom. The van der Waals surface area contributed by atoms with Crippen molar-refractivity contribution < 1.29 is 0 Å². The van der Waals surface area contributed by atoms with Gasteiger partial charge in [0, 0.05) is 24.0 Å². The van der Waals surface area contributed by atoms with Crippen molar-refractivity contribution in [1.29, 1.82) is 0 Å². The van der Waals surface area contributed by atoms with Gasteiger partial charge in [0.1, 0.15) is 0 Å². The van der Waals surface area contributed by atoms with Crippen LogP contribution >= 0.6 is 0 Å². The fourth-order valence-electron chi connectivity index (χ4n) is 1.66.